The number of nitrogens with one attached hydrogen (secondary N) is 1. The zero-order valence-corrected chi connectivity index (χ0v) is 18.9. The quantitative estimate of drug-likeness (QED) is 0.557. The zero-order chi connectivity index (χ0) is 22.9. The largest absolute Gasteiger partial charge is 0.484 e. The molecule has 3 aromatic rings. The summed E-state index contributed by atoms with van der Waals surface area (Å²) in [7, 11) is 1.60. The number of aryl methyl sites for hydroxylation is 2. The first-order valence-corrected chi connectivity index (χ1v) is 10.8. The molecule has 0 spiro atoms. The summed E-state index contributed by atoms with van der Waals surface area (Å²) >= 11 is 0. The Morgan fingerprint density at radius 3 is 2.19 bits per heavy atom. The van der Waals surface area contributed by atoms with Crippen LogP contribution >= 0.6 is 0 Å². The third-order valence-electron chi connectivity index (χ3n) is 5.30. The van der Waals surface area contributed by atoms with Gasteiger partial charge in [0.05, 0.1) is 0 Å². The minimum absolute atomic E-state index is 0.141. The minimum Gasteiger partial charge on any atom is -0.484 e. The second kappa shape index (κ2) is 11.1. The van der Waals surface area contributed by atoms with Gasteiger partial charge >= 0.3 is 0 Å². The summed E-state index contributed by atoms with van der Waals surface area (Å²) < 4.78 is 5.78. The molecule has 0 unspecified atom stereocenters. The van der Waals surface area contributed by atoms with Gasteiger partial charge in [0.1, 0.15) is 11.8 Å². The van der Waals surface area contributed by atoms with Crippen molar-refractivity contribution < 1.29 is 14.3 Å². The molecule has 32 heavy (non-hydrogen) atoms. The highest BCUT2D eigenvalue weighted by atomic mass is 16.5. The molecule has 3 aromatic carbocycles. The monoisotopic (exact) mass is 430 g/mol. The van der Waals surface area contributed by atoms with E-state index in [1.165, 1.54) is 0 Å². The van der Waals surface area contributed by atoms with Crippen molar-refractivity contribution in [3.8, 4) is 5.75 Å². The molecular formula is C27H30N2O3. The van der Waals surface area contributed by atoms with Crippen molar-refractivity contribution in [2.24, 2.45) is 0 Å². The summed E-state index contributed by atoms with van der Waals surface area (Å²) in [6.45, 7) is 4.16. The van der Waals surface area contributed by atoms with Crippen LogP contribution in [-0.2, 0) is 22.6 Å². The van der Waals surface area contributed by atoms with Crippen molar-refractivity contribution >= 4 is 11.8 Å². The first-order chi connectivity index (χ1) is 15.5. The van der Waals surface area contributed by atoms with Crippen LogP contribution in [0, 0.1) is 13.8 Å². The molecule has 0 heterocycles. The number of amides is 2. The summed E-state index contributed by atoms with van der Waals surface area (Å²) in [5.74, 6) is 0.191. The molecule has 0 aromatic heterocycles. The summed E-state index contributed by atoms with van der Waals surface area (Å²) in [4.78, 5) is 27.9. The molecule has 0 saturated heterocycles. The second-order valence-corrected chi connectivity index (χ2v) is 7.94. The first kappa shape index (κ1) is 23.1. The Morgan fingerprint density at radius 1 is 0.875 bits per heavy atom. The molecule has 0 fully saturated rings. The Balaban J connectivity index is 1.87. The smallest absolute Gasteiger partial charge is 0.261 e. The molecule has 0 bridgehead atoms. The fraction of sp³-hybridized carbons (Fsp3) is 0.259. The molecule has 3 rings (SSSR count). The van der Waals surface area contributed by atoms with Gasteiger partial charge in [0.25, 0.3) is 5.91 Å². The summed E-state index contributed by atoms with van der Waals surface area (Å²) in [6.07, 6.45) is 0.419. The summed E-state index contributed by atoms with van der Waals surface area (Å²) in [5.41, 5.74) is 4.11. The predicted molar refractivity (Wildman–Crippen MR) is 126 cm³/mol. The van der Waals surface area contributed by atoms with Crippen LogP contribution in [0.25, 0.3) is 0 Å². The number of nitrogens with zero attached hydrogens (tertiary/aromatic N) is 1. The topological polar surface area (TPSA) is 58.6 Å². The fourth-order valence-electron chi connectivity index (χ4n) is 3.66. The van der Waals surface area contributed by atoms with E-state index in [0.29, 0.717) is 18.7 Å². The molecule has 5 heteroatoms. The van der Waals surface area contributed by atoms with Crippen LogP contribution in [0.15, 0.2) is 78.9 Å². The maximum atomic E-state index is 13.4. The average molecular weight is 431 g/mol. The molecular weight excluding hydrogens is 400 g/mol. The third kappa shape index (κ3) is 6.45. The van der Waals surface area contributed by atoms with Crippen LogP contribution in [0.5, 0.6) is 5.75 Å². The van der Waals surface area contributed by atoms with Gasteiger partial charge in [-0.1, -0.05) is 72.3 Å². The van der Waals surface area contributed by atoms with E-state index in [1.807, 2.05) is 92.7 Å². The highest BCUT2D eigenvalue weighted by Gasteiger charge is 2.30. The van der Waals surface area contributed by atoms with Gasteiger partial charge < -0.3 is 15.0 Å². The number of rotatable bonds is 9. The van der Waals surface area contributed by atoms with Gasteiger partial charge in [-0.15, -0.1) is 0 Å². The highest BCUT2D eigenvalue weighted by molar-refractivity contribution is 5.88. The molecule has 5 nitrogen and oxygen atoms in total. The van der Waals surface area contributed by atoms with Gasteiger partial charge in [0, 0.05) is 20.0 Å². The van der Waals surface area contributed by atoms with E-state index in [0.717, 1.165) is 22.3 Å². The van der Waals surface area contributed by atoms with Crippen molar-refractivity contribution in [2.75, 3.05) is 13.7 Å². The van der Waals surface area contributed by atoms with Crippen molar-refractivity contribution in [1.29, 1.82) is 0 Å². The Morgan fingerprint density at radius 2 is 1.53 bits per heavy atom. The lowest BCUT2D eigenvalue weighted by molar-refractivity contribution is -0.142. The Bertz CT molecular complexity index is 1050. The van der Waals surface area contributed by atoms with Gasteiger partial charge in [0.2, 0.25) is 5.91 Å². The van der Waals surface area contributed by atoms with Gasteiger partial charge in [-0.25, -0.2) is 0 Å². The van der Waals surface area contributed by atoms with Crippen LogP contribution in [0.3, 0.4) is 0 Å². The van der Waals surface area contributed by atoms with Crippen LogP contribution in [0.2, 0.25) is 0 Å². The number of hydrogen-bond donors (Lipinski definition) is 1. The maximum Gasteiger partial charge on any atom is 0.261 e. The van der Waals surface area contributed by atoms with Crippen molar-refractivity contribution in [3.63, 3.8) is 0 Å². The number of ether oxygens (including phenoxy) is 1. The first-order valence-electron chi connectivity index (χ1n) is 10.8. The van der Waals surface area contributed by atoms with Gasteiger partial charge in [-0.3, -0.25) is 9.59 Å². The molecule has 0 radical (unpaired) electrons. The Hall–Kier alpha value is -3.60. The highest BCUT2D eigenvalue weighted by Crippen LogP contribution is 2.17. The van der Waals surface area contributed by atoms with E-state index in [2.05, 4.69) is 5.32 Å². The van der Waals surface area contributed by atoms with Crippen molar-refractivity contribution in [1.82, 2.24) is 10.2 Å². The predicted octanol–water partition coefficient (Wildman–Crippen LogP) is 4.07. The number of hydrogen-bond acceptors (Lipinski definition) is 3. The van der Waals surface area contributed by atoms with Crippen molar-refractivity contribution in [3.05, 3.63) is 101 Å². The van der Waals surface area contributed by atoms with Crippen LogP contribution in [0.1, 0.15) is 22.3 Å². The lowest BCUT2D eigenvalue weighted by Gasteiger charge is -2.31. The van der Waals surface area contributed by atoms with E-state index in [4.69, 9.17) is 4.74 Å². The summed E-state index contributed by atoms with van der Waals surface area (Å²) in [6, 6.07) is 24.6. The lowest BCUT2D eigenvalue weighted by Crippen LogP contribution is -2.51. The van der Waals surface area contributed by atoms with E-state index in [1.54, 1.807) is 11.9 Å². The van der Waals surface area contributed by atoms with Gasteiger partial charge in [-0.05, 0) is 42.7 Å². The molecule has 0 aliphatic carbocycles. The van der Waals surface area contributed by atoms with Crippen molar-refractivity contribution in [2.45, 2.75) is 32.9 Å². The molecule has 2 amide bonds. The SMILES string of the molecule is CNC(=O)[C@H](Cc1ccccc1)N(Cc1cccc(C)c1)C(=O)COc1cccc(C)c1. The Labute approximate surface area is 190 Å². The standard InChI is InChI=1S/C27H30N2O3/c1-20-9-7-13-23(15-20)18-29(26(30)19-32-24-14-8-10-21(2)16-24)25(27(31)28-3)17-22-11-5-4-6-12-22/h4-16,25H,17-19H2,1-3H3,(H,28,31)/t25-/m0/s1. The average Bonchev–Trinajstić information content (AvgIpc) is 2.80. The van der Waals surface area contributed by atoms with E-state index >= 15 is 0 Å². The van der Waals surface area contributed by atoms with Gasteiger partial charge in [0.15, 0.2) is 6.61 Å². The number of likely N-dealkylation sites (N-methyl/N-ethyl adjacent to an activating group) is 1. The molecule has 1 N–H and O–H groups in total. The molecule has 0 aliphatic heterocycles. The van der Waals surface area contributed by atoms with Gasteiger partial charge in [-0.2, -0.15) is 0 Å². The summed E-state index contributed by atoms with van der Waals surface area (Å²) in [5, 5.41) is 2.73. The zero-order valence-electron chi connectivity index (χ0n) is 18.9. The van der Waals surface area contributed by atoms with Crippen LogP contribution in [-0.4, -0.2) is 36.4 Å². The molecule has 1 atom stereocenters. The number of benzene rings is 3. The molecule has 166 valence electrons. The lowest BCUT2D eigenvalue weighted by atomic mass is 10.0. The molecule has 0 saturated carbocycles. The molecule has 0 aliphatic rings. The van der Waals surface area contributed by atoms with E-state index < -0.39 is 6.04 Å². The number of carbonyl (C=O) groups excluding carboxylic acids is 2. The minimum atomic E-state index is -0.656. The third-order valence-corrected chi connectivity index (χ3v) is 5.30. The second-order valence-electron chi connectivity index (χ2n) is 7.94. The Kier molecular flexibility index (Phi) is 8.03. The fourth-order valence-corrected chi connectivity index (χ4v) is 3.66. The normalized spacial score (nSPS) is 11.5. The number of carbonyl (C=O) groups is 2. The maximum absolute atomic E-state index is 13.4. The van der Waals surface area contributed by atoms with Crippen LogP contribution < -0.4 is 10.1 Å². The van der Waals surface area contributed by atoms with Crippen LogP contribution in [0.4, 0.5) is 0 Å². The van der Waals surface area contributed by atoms with E-state index in [-0.39, 0.29) is 18.4 Å². The van der Waals surface area contributed by atoms with E-state index in [9.17, 15) is 9.59 Å².